The first-order chi connectivity index (χ1) is 6.61. The average molecular weight is 436 g/mol. The second-order valence-electron chi connectivity index (χ2n) is 2.50. The van der Waals surface area contributed by atoms with Gasteiger partial charge in [0.05, 0.1) is 16.6 Å². The van der Waals surface area contributed by atoms with Gasteiger partial charge in [0.25, 0.3) is 0 Å². The van der Waals surface area contributed by atoms with Gasteiger partial charge < -0.3 is 4.74 Å². The van der Waals surface area contributed by atoms with Gasteiger partial charge in [-0.3, -0.25) is 4.79 Å². The van der Waals surface area contributed by atoms with Crippen LogP contribution in [0.2, 0.25) is 0 Å². The minimum Gasteiger partial charge on any atom is -0.496 e. The van der Waals surface area contributed by atoms with Gasteiger partial charge >= 0.3 is 0 Å². The minimum absolute atomic E-state index is 0.0123. The zero-order valence-electron chi connectivity index (χ0n) is 7.31. The predicted octanol–water partition coefficient (Wildman–Crippen LogP) is 3.33. The Kier molecular flexibility index (Phi) is 4.92. The molecule has 2 nitrogen and oxygen atoms in total. The van der Waals surface area contributed by atoms with Gasteiger partial charge in [-0.25, -0.2) is 0 Å². The summed E-state index contributed by atoms with van der Waals surface area (Å²) in [6, 6.07) is 3.52. The molecule has 0 radical (unpaired) electrons. The maximum atomic E-state index is 11.4. The molecule has 1 aromatic carbocycles. The Labute approximate surface area is 115 Å². The van der Waals surface area contributed by atoms with E-state index < -0.39 is 0 Å². The first kappa shape index (κ1) is 12.5. The topological polar surface area (TPSA) is 26.3 Å². The largest absolute Gasteiger partial charge is 0.496 e. The maximum absolute atomic E-state index is 11.4. The van der Waals surface area contributed by atoms with Crippen LogP contribution in [0, 0.1) is 7.14 Å². The lowest BCUT2D eigenvalue weighted by Crippen LogP contribution is -2.05. The molecule has 0 aliphatic rings. The molecule has 1 aromatic rings. The molecule has 0 fully saturated rings. The standard InChI is InChI=1S/C9H7ClI2O2/c1-14-7-3-2-5(6(13)4-10)8(11)9(7)12/h2-3H,4H2,1H3. The van der Waals surface area contributed by atoms with Crippen molar-refractivity contribution in [2.75, 3.05) is 13.0 Å². The van der Waals surface area contributed by atoms with Crippen LogP contribution in [0.1, 0.15) is 10.4 Å². The number of ketones is 1. The summed E-state index contributed by atoms with van der Waals surface area (Å²) in [5.74, 6) is 0.732. The number of carbonyl (C=O) groups excluding carboxylic acids is 1. The number of rotatable bonds is 3. The summed E-state index contributed by atoms with van der Waals surface area (Å²) < 4.78 is 6.98. The molecule has 1 rings (SSSR count). The van der Waals surface area contributed by atoms with E-state index in [2.05, 4.69) is 45.2 Å². The highest BCUT2D eigenvalue weighted by molar-refractivity contribution is 14.1. The van der Waals surface area contributed by atoms with Crippen LogP contribution < -0.4 is 4.74 Å². The van der Waals surface area contributed by atoms with Crippen molar-refractivity contribution in [3.63, 3.8) is 0 Å². The Balaban J connectivity index is 3.24. The third-order valence-corrected chi connectivity index (χ3v) is 5.15. The molecular formula is C9H7ClI2O2. The number of ether oxygens (including phenoxy) is 1. The monoisotopic (exact) mass is 436 g/mol. The molecule has 0 spiro atoms. The number of Topliss-reactive ketones (excluding diaryl/α,β-unsaturated/α-hetero) is 1. The van der Waals surface area contributed by atoms with Crippen LogP contribution in [0.3, 0.4) is 0 Å². The number of hydrogen-bond donors (Lipinski definition) is 0. The Morgan fingerprint density at radius 1 is 1.43 bits per heavy atom. The van der Waals surface area contributed by atoms with Crippen molar-refractivity contribution in [1.29, 1.82) is 0 Å². The Morgan fingerprint density at radius 2 is 2.07 bits per heavy atom. The molecule has 76 valence electrons. The molecule has 0 saturated carbocycles. The molecular weight excluding hydrogens is 429 g/mol. The first-order valence-electron chi connectivity index (χ1n) is 3.73. The Morgan fingerprint density at radius 3 is 2.57 bits per heavy atom. The van der Waals surface area contributed by atoms with E-state index >= 15 is 0 Å². The summed E-state index contributed by atoms with van der Waals surface area (Å²) in [5.41, 5.74) is 0.658. The molecule has 5 heteroatoms. The molecule has 0 unspecified atom stereocenters. The lowest BCUT2D eigenvalue weighted by atomic mass is 10.1. The predicted molar refractivity (Wildman–Crippen MR) is 73.5 cm³/mol. The van der Waals surface area contributed by atoms with Crippen molar-refractivity contribution in [1.82, 2.24) is 0 Å². The fraction of sp³-hybridized carbons (Fsp3) is 0.222. The summed E-state index contributed by atoms with van der Waals surface area (Å²) in [4.78, 5) is 11.4. The summed E-state index contributed by atoms with van der Waals surface area (Å²) in [7, 11) is 1.61. The summed E-state index contributed by atoms with van der Waals surface area (Å²) >= 11 is 9.78. The molecule has 0 atom stereocenters. The highest BCUT2D eigenvalue weighted by atomic mass is 127. The molecule has 0 amide bonds. The summed E-state index contributed by atoms with van der Waals surface area (Å²) in [6.45, 7) is 0. The van der Waals surface area contributed by atoms with E-state index in [1.807, 2.05) is 0 Å². The van der Waals surface area contributed by atoms with Crippen LogP contribution in [-0.4, -0.2) is 18.8 Å². The van der Waals surface area contributed by atoms with Crippen molar-refractivity contribution in [2.45, 2.75) is 0 Å². The third kappa shape index (κ3) is 2.52. The third-order valence-electron chi connectivity index (χ3n) is 1.69. The molecule has 0 heterocycles. The molecule has 0 N–H and O–H groups in total. The maximum Gasteiger partial charge on any atom is 0.178 e. The Hall–Kier alpha value is 0.440. The van der Waals surface area contributed by atoms with Crippen LogP contribution in [0.15, 0.2) is 12.1 Å². The van der Waals surface area contributed by atoms with Gasteiger partial charge in [-0.2, -0.15) is 0 Å². The second-order valence-corrected chi connectivity index (χ2v) is 4.92. The molecule has 14 heavy (non-hydrogen) atoms. The molecule has 0 bridgehead atoms. The second kappa shape index (κ2) is 5.50. The van der Waals surface area contributed by atoms with Gasteiger partial charge in [0.15, 0.2) is 5.78 Å². The SMILES string of the molecule is COc1ccc(C(=O)CCl)c(I)c1I. The van der Waals surface area contributed by atoms with Crippen molar-refractivity contribution in [3.8, 4) is 5.75 Å². The highest BCUT2D eigenvalue weighted by Gasteiger charge is 2.14. The number of alkyl halides is 1. The van der Waals surface area contributed by atoms with Crippen LogP contribution in [0.25, 0.3) is 0 Å². The minimum atomic E-state index is -0.0587. The number of carbonyl (C=O) groups is 1. The van der Waals surface area contributed by atoms with E-state index in [9.17, 15) is 4.79 Å². The van der Waals surface area contributed by atoms with Gasteiger partial charge in [0, 0.05) is 9.13 Å². The zero-order valence-corrected chi connectivity index (χ0v) is 12.4. The van der Waals surface area contributed by atoms with Crippen LogP contribution in [0.4, 0.5) is 0 Å². The molecule has 0 aromatic heterocycles. The smallest absolute Gasteiger partial charge is 0.178 e. The fourth-order valence-electron chi connectivity index (χ4n) is 0.977. The normalized spacial score (nSPS) is 10.0. The van der Waals surface area contributed by atoms with Gasteiger partial charge in [-0.05, 0) is 57.3 Å². The molecule has 0 aliphatic carbocycles. The van der Waals surface area contributed by atoms with Gasteiger partial charge in [-0.1, -0.05) is 0 Å². The fourth-order valence-corrected chi connectivity index (χ4v) is 2.56. The summed E-state index contributed by atoms with van der Waals surface area (Å²) in [6.07, 6.45) is 0. The van der Waals surface area contributed by atoms with E-state index in [1.165, 1.54) is 0 Å². The van der Waals surface area contributed by atoms with Crippen molar-refractivity contribution in [2.24, 2.45) is 0 Å². The number of benzene rings is 1. The highest BCUT2D eigenvalue weighted by Crippen LogP contribution is 2.28. The van der Waals surface area contributed by atoms with E-state index in [0.717, 1.165) is 12.9 Å². The lowest BCUT2D eigenvalue weighted by Gasteiger charge is -2.08. The van der Waals surface area contributed by atoms with E-state index in [0.29, 0.717) is 5.56 Å². The van der Waals surface area contributed by atoms with Crippen molar-refractivity contribution in [3.05, 3.63) is 24.8 Å². The van der Waals surface area contributed by atoms with Crippen LogP contribution in [0.5, 0.6) is 5.75 Å². The van der Waals surface area contributed by atoms with Crippen LogP contribution >= 0.6 is 56.8 Å². The molecule has 0 saturated heterocycles. The first-order valence-corrected chi connectivity index (χ1v) is 6.42. The summed E-state index contributed by atoms with van der Waals surface area (Å²) in [5, 5.41) is 0. The van der Waals surface area contributed by atoms with E-state index in [1.54, 1.807) is 19.2 Å². The Bertz CT molecular complexity index is 366. The number of hydrogen-bond acceptors (Lipinski definition) is 2. The average Bonchev–Trinajstić information content (AvgIpc) is 2.21. The van der Waals surface area contributed by atoms with Crippen LogP contribution in [-0.2, 0) is 0 Å². The number of halogens is 3. The van der Waals surface area contributed by atoms with E-state index in [-0.39, 0.29) is 11.7 Å². The lowest BCUT2D eigenvalue weighted by molar-refractivity contribution is 0.102. The van der Waals surface area contributed by atoms with Crippen molar-refractivity contribution < 1.29 is 9.53 Å². The van der Waals surface area contributed by atoms with Gasteiger partial charge in [0.1, 0.15) is 5.75 Å². The van der Waals surface area contributed by atoms with Gasteiger partial charge in [-0.15, -0.1) is 11.6 Å². The number of methoxy groups -OCH3 is 1. The zero-order chi connectivity index (χ0) is 10.7. The molecule has 0 aliphatic heterocycles. The quantitative estimate of drug-likeness (QED) is 0.413. The van der Waals surface area contributed by atoms with Gasteiger partial charge in [0.2, 0.25) is 0 Å². The van der Waals surface area contributed by atoms with E-state index in [4.69, 9.17) is 16.3 Å². The van der Waals surface area contributed by atoms with Crippen molar-refractivity contribution >= 4 is 62.6 Å².